The van der Waals surface area contributed by atoms with Crippen LogP contribution in [0.2, 0.25) is 0 Å². The Morgan fingerprint density at radius 2 is 2.71 bits per heavy atom. The Labute approximate surface area is 39.3 Å². The van der Waals surface area contributed by atoms with E-state index in [-0.39, 0.29) is 5.76 Å². The van der Waals surface area contributed by atoms with Crippen molar-refractivity contribution in [1.29, 1.82) is 5.26 Å². The highest BCUT2D eigenvalue weighted by molar-refractivity contribution is 5.08. The van der Waals surface area contributed by atoms with Crippen molar-refractivity contribution >= 4 is 0 Å². The van der Waals surface area contributed by atoms with Crippen LogP contribution in [0, 0.1) is 11.3 Å². The minimum absolute atomic E-state index is 0.139. The van der Waals surface area contributed by atoms with Crippen molar-refractivity contribution in [2.45, 2.75) is 0 Å². The van der Waals surface area contributed by atoms with Crippen molar-refractivity contribution in [3.63, 3.8) is 0 Å². The van der Waals surface area contributed by atoms with Crippen molar-refractivity contribution in [3.05, 3.63) is 12.0 Å². The zero-order chi connectivity index (χ0) is 5.11. The van der Waals surface area contributed by atoms with Gasteiger partial charge in [-0.3, -0.25) is 0 Å². The molecule has 0 spiro atoms. The van der Waals surface area contributed by atoms with Crippen LogP contribution in [-0.4, -0.2) is 10.4 Å². The zero-order valence-corrected chi connectivity index (χ0v) is 3.33. The molecule has 0 amide bonds. The Morgan fingerprint density at radius 1 is 1.86 bits per heavy atom. The first kappa shape index (κ1) is 3.81. The third-order valence-electron chi connectivity index (χ3n) is 0.471. The molecule has 0 saturated heterocycles. The lowest BCUT2D eigenvalue weighted by atomic mass is 10.6. The van der Waals surface area contributed by atoms with E-state index in [1.165, 1.54) is 6.20 Å². The summed E-state index contributed by atoms with van der Waals surface area (Å²) in [4.78, 5) is 0. The van der Waals surface area contributed by atoms with Gasteiger partial charge in [0.15, 0.2) is 0 Å². The van der Waals surface area contributed by atoms with Crippen LogP contribution in [0.3, 0.4) is 0 Å². The van der Waals surface area contributed by atoms with Crippen molar-refractivity contribution in [2.75, 3.05) is 0 Å². The molecular weight excluding hydrogens is 94.1 g/mol. The molecule has 7 heavy (non-hydrogen) atoms. The summed E-state index contributed by atoms with van der Waals surface area (Å²) in [5, 5.41) is 14.3. The van der Waals surface area contributed by atoms with Crippen molar-refractivity contribution < 1.29 is 4.52 Å². The molecule has 0 unspecified atom stereocenters. The van der Waals surface area contributed by atoms with Crippen LogP contribution in [-0.2, 0) is 0 Å². The summed E-state index contributed by atoms with van der Waals surface area (Å²) in [5.74, 6) is 0.139. The predicted octanol–water partition coefficient (Wildman–Crippen LogP) is -0.0587. The third-order valence-corrected chi connectivity index (χ3v) is 0.471. The predicted molar refractivity (Wildman–Crippen MR) is 19.0 cm³/mol. The van der Waals surface area contributed by atoms with Gasteiger partial charge in [0.05, 0.1) is 0 Å². The highest BCUT2D eigenvalue weighted by atomic mass is 16.5. The molecule has 0 bridgehead atoms. The van der Waals surface area contributed by atoms with E-state index in [1.54, 1.807) is 6.07 Å². The van der Waals surface area contributed by atoms with Gasteiger partial charge in [0.2, 0.25) is 0 Å². The number of hydrogen-bond donors (Lipinski definition) is 0. The second-order valence-electron chi connectivity index (χ2n) is 0.894. The minimum atomic E-state index is 0.139. The van der Waals surface area contributed by atoms with Gasteiger partial charge in [0.1, 0.15) is 12.3 Å². The van der Waals surface area contributed by atoms with Crippen LogP contribution in [0.25, 0.3) is 0 Å². The molecule has 1 aromatic heterocycles. The van der Waals surface area contributed by atoms with E-state index in [0.717, 1.165) is 0 Å². The summed E-state index contributed by atoms with van der Waals surface area (Å²) in [6.07, 6.45) is 1.25. The van der Waals surface area contributed by atoms with Gasteiger partial charge in [0.25, 0.3) is 5.76 Å². The van der Waals surface area contributed by atoms with E-state index >= 15 is 0 Å². The van der Waals surface area contributed by atoms with Crippen molar-refractivity contribution in [1.82, 2.24) is 10.4 Å². The fraction of sp³-hybridized carbons (Fsp3) is 0. The average Bonchev–Trinajstić information content (AvgIpc) is 2.14. The second kappa shape index (κ2) is 1.39. The van der Waals surface area contributed by atoms with E-state index in [1.807, 2.05) is 0 Å². The van der Waals surface area contributed by atoms with Crippen LogP contribution >= 0.6 is 0 Å². The van der Waals surface area contributed by atoms with E-state index in [4.69, 9.17) is 5.26 Å². The van der Waals surface area contributed by atoms with Gasteiger partial charge in [-0.15, -0.1) is 5.10 Å². The first-order chi connectivity index (χ1) is 3.43. The zero-order valence-electron chi connectivity index (χ0n) is 3.33. The molecule has 0 saturated carbocycles. The summed E-state index contributed by atoms with van der Waals surface area (Å²) in [5.41, 5.74) is 0. The topological polar surface area (TPSA) is 62.7 Å². The molecule has 1 heterocycles. The normalized spacial score (nSPS) is 7.86. The number of nitriles is 1. The molecule has 1 aromatic rings. The molecule has 34 valence electrons. The lowest BCUT2D eigenvalue weighted by Gasteiger charge is -1.59. The summed E-state index contributed by atoms with van der Waals surface area (Å²) in [6.45, 7) is 0. The molecule has 0 aromatic carbocycles. The average molecular weight is 95.1 g/mol. The molecule has 0 aliphatic carbocycles. The molecule has 0 atom stereocenters. The SMILES string of the molecule is N#Cc1cnno1. The molecule has 1 rings (SSSR count). The molecule has 0 N–H and O–H groups in total. The van der Waals surface area contributed by atoms with Crippen LogP contribution in [0.15, 0.2) is 10.7 Å². The summed E-state index contributed by atoms with van der Waals surface area (Å²) < 4.78 is 4.26. The van der Waals surface area contributed by atoms with Gasteiger partial charge in [-0.05, 0) is 0 Å². The van der Waals surface area contributed by atoms with E-state index in [9.17, 15) is 0 Å². The number of rotatable bonds is 0. The maximum Gasteiger partial charge on any atom is 0.256 e. The number of hydrogen-bond acceptors (Lipinski definition) is 4. The number of nitrogens with zero attached hydrogens (tertiary/aromatic N) is 3. The molecule has 0 radical (unpaired) electrons. The highest BCUT2D eigenvalue weighted by Crippen LogP contribution is 1.85. The Balaban J connectivity index is 3.04. The Morgan fingerprint density at radius 3 is 3.00 bits per heavy atom. The monoisotopic (exact) mass is 95.0 g/mol. The van der Waals surface area contributed by atoms with Crippen LogP contribution in [0.4, 0.5) is 0 Å². The van der Waals surface area contributed by atoms with Gasteiger partial charge < -0.3 is 4.52 Å². The fourth-order valence-corrected chi connectivity index (χ4v) is 0.216. The maximum absolute atomic E-state index is 8.00. The van der Waals surface area contributed by atoms with E-state index in [0.29, 0.717) is 0 Å². The second-order valence-corrected chi connectivity index (χ2v) is 0.894. The smallest absolute Gasteiger partial charge is 0.256 e. The first-order valence-corrected chi connectivity index (χ1v) is 1.61. The molecule has 4 heteroatoms. The lowest BCUT2D eigenvalue weighted by Crippen LogP contribution is -1.56. The van der Waals surface area contributed by atoms with Crippen molar-refractivity contribution in [3.8, 4) is 6.07 Å². The van der Waals surface area contributed by atoms with Crippen LogP contribution in [0.1, 0.15) is 5.76 Å². The first-order valence-electron chi connectivity index (χ1n) is 1.61. The van der Waals surface area contributed by atoms with E-state index < -0.39 is 0 Å². The molecule has 0 fully saturated rings. The van der Waals surface area contributed by atoms with Crippen molar-refractivity contribution in [2.24, 2.45) is 0 Å². The largest absolute Gasteiger partial charge is 0.326 e. The van der Waals surface area contributed by atoms with Gasteiger partial charge in [-0.1, -0.05) is 0 Å². The van der Waals surface area contributed by atoms with Crippen LogP contribution in [0.5, 0.6) is 0 Å². The Hall–Kier alpha value is -1.37. The van der Waals surface area contributed by atoms with Crippen LogP contribution < -0.4 is 0 Å². The summed E-state index contributed by atoms with van der Waals surface area (Å²) in [6, 6.07) is 1.72. The molecule has 0 aliphatic heterocycles. The molecule has 4 nitrogen and oxygen atoms in total. The fourth-order valence-electron chi connectivity index (χ4n) is 0.216. The quantitative estimate of drug-likeness (QED) is 0.453. The van der Waals surface area contributed by atoms with Gasteiger partial charge in [-0.2, -0.15) is 5.26 Å². The van der Waals surface area contributed by atoms with Gasteiger partial charge in [0, 0.05) is 5.27 Å². The van der Waals surface area contributed by atoms with Gasteiger partial charge >= 0.3 is 0 Å². The number of aromatic nitrogens is 2. The van der Waals surface area contributed by atoms with Gasteiger partial charge in [-0.25, -0.2) is 0 Å². The minimum Gasteiger partial charge on any atom is -0.326 e. The third kappa shape index (κ3) is 0.550. The molecule has 0 aliphatic rings. The standard InChI is InChI=1S/C3HN3O/c4-1-3-2-5-6-7-3/h2H. The Bertz CT molecular complexity index is 173. The lowest BCUT2D eigenvalue weighted by molar-refractivity contribution is 0.384. The maximum atomic E-state index is 8.00. The summed E-state index contributed by atoms with van der Waals surface area (Å²) >= 11 is 0. The summed E-state index contributed by atoms with van der Waals surface area (Å²) in [7, 11) is 0. The Kier molecular flexibility index (Phi) is 0.755. The molecular formula is C3HN3O. The highest BCUT2D eigenvalue weighted by Gasteiger charge is 1.88. The van der Waals surface area contributed by atoms with E-state index in [2.05, 4.69) is 14.9 Å².